The molecule has 1 aromatic carbocycles. The zero-order chi connectivity index (χ0) is 13.8. The standard InChI is InChI=1S/C16H26N2O/c1-4-19-16-8-6-5-7-14(16)15(17)11-18-9-12(2)13(3)10-18/h5-8,12-13,15H,4,9-11,17H2,1-3H3. The van der Waals surface area contributed by atoms with Gasteiger partial charge in [0, 0.05) is 31.2 Å². The summed E-state index contributed by atoms with van der Waals surface area (Å²) < 4.78 is 5.67. The lowest BCUT2D eigenvalue weighted by molar-refractivity contribution is 0.293. The van der Waals surface area contributed by atoms with Crippen LogP contribution >= 0.6 is 0 Å². The van der Waals surface area contributed by atoms with Gasteiger partial charge in [-0.15, -0.1) is 0 Å². The summed E-state index contributed by atoms with van der Waals surface area (Å²) in [4.78, 5) is 2.47. The Labute approximate surface area is 116 Å². The van der Waals surface area contributed by atoms with Crippen molar-refractivity contribution in [2.75, 3.05) is 26.2 Å². The average Bonchev–Trinajstić information content (AvgIpc) is 2.69. The third-order valence-corrected chi connectivity index (χ3v) is 4.14. The Kier molecular flexibility index (Phi) is 4.83. The van der Waals surface area contributed by atoms with Crippen LogP contribution in [0.3, 0.4) is 0 Å². The zero-order valence-corrected chi connectivity index (χ0v) is 12.3. The number of likely N-dealkylation sites (tertiary alicyclic amines) is 1. The van der Waals surface area contributed by atoms with Gasteiger partial charge >= 0.3 is 0 Å². The first-order valence-corrected chi connectivity index (χ1v) is 7.31. The van der Waals surface area contributed by atoms with Gasteiger partial charge in [-0.25, -0.2) is 0 Å². The van der Waals surface area contributed by atoms with E-state index >= 15 is 0 Å². The molecule has 3 unspecified atom stereocenters. The van der Waals surface area contributed by atoms with Gasteiger partial charge in [0.15, 0.2) is 0 Å². The molecule has 19 heavy (non-hydrogen) atoms. The Bertz CT molecular complexity index is 397. The molecule has 0 amide bonds. The van der Waals surface area contributed by atoms with Crippen molar-refractivity contribution in [3.8, 4) is 5.75 Å². The molecule has 2 N–H and O–H groups in total. The minimum absolute atomic E-state index is 0.0280. The van der Waals surface area contributed by atoms with Gasteiger partial charge < -0.3 is 15.4 Å². The predicted molar refractivity (Wildman–Crippen MR) is 79.3 cm³/mol. The first-order valence-electron chi connectivity index (χ1n) is 7.31. The number of nitrogens with zero attached hydrogens (tertiary/aromatic N) is 1. The number of hydrogen-bond acceptors (Lipinski definition) is 3. The van der Waals surface area contributed by atoms with Gasteiger partial charge in [0.25, 0.3) is 0 Å². The van der Waals surface area contributed by atoms with Crippen LogP contribution in [-0.2, 0) is 0 Å². The Morgan fingerprint density at radius 3 is 2.53 bits per heavy atom. The lowest BCUT2D eigenvalue weighted by atomic mass is 10.0. The van der Waals surface area contributed by atoms with Gasteiger partial charge in [-0.05, 0) is 24.8 Å². The fourth-order valence-electron chi connectivity index (χ4n) is 2.85. The minimum atomic E-state index is 0.0280. The second-order valence-corrected chi connectivity index (χ2v) is 5.75. The monoisotopic (exact) mass is 262 g/mol. The Morgan fingerprint density at radius 1 is 1.26 bits per heavy atom. The van der Waals surface area contributed by atoms with Crippen molar-refractivity contribution >= 4 is 0 Å². The molecule has 3 heteroatoms. The van der Waals surface area contributed by atoms with E-state index < -0.39 is 0 Å². The highest BCUT2D eigenvalue weighted by molar-refractivity contribution is 5.36. The van der Waals surface area contributed by atoms with Gasteiger partial charge in [0.2, 0.25) is 0 Å². The number of para-hydroxylation sites is 1. The van der Waals surface area contributed by atoms with Crippen molar-refractivity contribution in [1.29, 1.82) is 0 Å². The first-order chi connectivity index (χ1) is 9.11. The summed E-state index contributed by atoms with van der Waals surface area (Å²) in [6, 6.07) is 8.15. The lowest BCUT2D eigenvalue weighted by Crippen LogP contribution is -2.31. The molecule has 3 atom stereocenters. The van der Waals surface area contributed by atoms with Crippen LogP contribution in [0.5, 0.6) is 5.75 Å². The normalized spacial score (nSPS) is 25.5. The maximum atomic E-state index is 6.38. The van der Waals surface area contributed by atoms with Crippen LogP contribution in [-0.4, -0.2) is 31.1 Å². The molecule has 0 radical (unpaired) electrons. The van der Waals surface area contributed by atoms with Crippen molar-refractivity contribution in [3.05, 3.63) is 29.8 Å². The van der Waals surface area contributed by atoms with Crippen molar-refractivity contribution in [2.24, 2.45) is 17.6 Å². The Hall–Kier alpha value is -1.06. The maximum absolute atomic E-state index is 6.38. The SMILES string of the molecule is CCOc1ccccc1C(N)CN1CC(C)C(C)C1. The van der Waals surface area contributed by atoms with E-state index in [1.165, 1.54) is 0 Å². The molecule has 1 heterocycles. The summed E-state index contributed by atoms with van der Waals surface area (Å²) in [7, 11) is 0. The third-order valence-electron chi connectivity index (χ3n) is 4.14. The van der Waals surface area contributed by atoms with Crippen LogP contribution in [0, 0.1) is 11.8 Å². The van der Waals surface area contributed by atoms with Gasteiger partial charge in [0.05, 0.1) is 6.61 Å². The summed E-state index contributed by atoms with van der Waals surface area (Å²) in [6.07, 6.45) is 0. The second-order valence-electron chi connectivity index (χ2n) is 5.75. The highest BCUT2D eigenvalue weighted by Crippen LogP contribution is 2.27. The van der Waals surface area contributed by atoms with Crippen LogP contribution in [0.25, 0.3) is 0 Å². The van der Waals surface area contributed by atoms with E-state index in [9.17, 15) is 0 Å². The number of rotatable bonds is 5. The molecule has 1 saturated heterocycles. The number of benzene rings is 1. The highest BCUT2D eigenvalue weighted by Gasteiger charge is 2.27. The molecule has 0 saturated carbocycles. The topological polar surface area (TPSA) is 38.5 Å². The second kappa shape index (κ2) is 6.40. The molecule has 2 rings (SSSR count). The Morgan fingerprint density at radius 2 is 1.89 bits per heavy atom. The molecule has 0 spiro atoms. The number of nitrogens with two attached hydrogens (primary N) is 1. The van der Waals surface area contributed by atoms with Crippen molar-refractivity contribution in [1.82, 2.24) is 4.90 Å². The maximum Gasteiger partial charge on any atom is 0.124 e. The van der Waals surface area contributed by atoms with E-state index in [1.807, 2.05) is 25.1 Å². The van der Waals surface area contributed by atoms with E-state index in [1.54, 1.807) is 0 Å². The minimum Gasteiger partial charge on any atom is -0.494 e. The predicted octanol–water partition coefficient (Wildman–Crippen LogP) is 2.67. The molecular formula is C16H26N2O. The summed E-state index contributed by atoms with van der Waals surface area (Å²) >= 11 is 0. The number of ether oxygens (including phenoxy) is 1. The fourth-order valence-corrected chi connectivity index (χ4v) is 2.85. The van der Waals surface area contributed by atoms with E-state index in [-0.39, 0.29) is 6.04 Å². The van der Waals surface area contributed by atoms with Crippen LogP contribution in [0.2, 0.25) is 0 Å². The molecular weight excluding hydrogens is 236 g/mol. The van der Waals surface area contributed by atoms with Crippen LogP contribution in [0.15, 0.2) is 24.3 Å². The number of hydrogen-bond donors (Lipinski definition) is 1. The molecule has 3 nitrogen and oxygen atoms in total. The van der Waals surface area contributed by atoms with E-state index in [2.05, 4.69) is 24.8 Å². The summed E-state index contributed by atoms with van der Waals surface area (Å²) in [5.41, 5.74) is 7.50. The zero-order valence-electron chi connectivity index (χ0n) is 12.3. The molecule has 1 aliphatic rings. The smallest absolute Gasteiger partial charge is 0.124 e. The molecule has 0 aliphatic carbocycles. The molecule has 106 valence electrons. The van der Waals surface area contributed by atoms with Gasteiger partial charge in [-0.2, -0.15) is 0 Å². The fraction of sp³-hybridized carbons (Fsp3) is 0.625. The van der Waals surface area contributed by atoms with Crippen LogP contribution < -0.4 is 10.5 Å². The summed E-state index contributed by atoms with van der Waals surface area (Å²) in [5.74, 6) is 2.47. The van der Waals surface area contributed by atoms with Crippen LogP contribution in [0.1, 0.15) is 32.4 Å². The molecule has 1 aromatic rings. The van der Waals surface area contributed by atoms with Gasteiger partial charge in [0.1, 0.15) is 5.75 Å². The van der Waals surface area contributed by atoms with Crippen molar-refractivity contribution in [3.63, 3.8) is 0 Å². The lowest BCUT2D eigenvalue weighted by Gasteiger charge is -2.22. The first kappa shape index (κ1) is 14.4. The largest absolute Gasteiger partial charge is 0.494 e. The van der Waals surface area contributed by atoms with Crippen molar-refractivity contribution in [2.45, 2.75) is 26.8 Å². The van der Waals surface area contributed by atoms with E-state index in [4.69, 9.17) is 10.5 Å². The van der Waals surface area contributed by atoms with Crippen LogP contribution in [0.4, 0.5) is 0 Å². The summed E-state index contributed by atoms with van der Waals surface area (Å²) in [6.45, 7) is 10.6. The molecule has 0 bridgehead atoms. The highest BCUT2D eigenvalue weighted by atomic mass is 16.5. The molecule has 0 aromatic heterocycles. The summed E-state index contributed by atoms with van der Waals surface area (Å²) in [5, 5.41) is 0. The third kappa shape index (κ3) is 3.48. The van der Waals surface area contributed by atoms with Gasteiger partial charge in [-0.3, -0.25) is 0 Å². The molecule has 1 aliphatic heterocycles. The van der Waals surface area contributed by atoms with E-state index in [0.717, 1.165) is 42.8 Å². The molecule has 1 fully saturated rings. The van der Waals surface area contributed by atoms with Crippen molar-refractivity contribution < 1.29 is 4.74 Å². The van der Waals surface area contributed by atoms with E-state index in [0.29, 0.717) is 6.61 Å². The Balaban J connectivity index is 2.02. The van der Waals surface area contributed by atoms with Gasteiger partial charge in [-0.1, -0.05) is 32.0 Å². The average molecular weight is 262 g/mol. The quantitative estimate of drug-likeness (QED) is 0.886.